The lowest BCUT2D eigenvalue weighted by atomic mass is 10.0. The molecular weight excluding hydrogens is 336 g/mol. The number of nitrogens with one attached hydrogen (secondary N) is 1. The molecule has 0 amide bonds. The maximum absolute atomic E-state index is 6.38. The number of halogens is 2. The summed E-state index contributed by atoms with van der Waals surface area (Å²) in [7, 11) is 0. The van der Waals surface area contributed by atoms with E-state index in [4.69, 9.17) is 11.6 Å². The summed E-state index contributed by atoms with van der Waals surface area (Å²) in [5.41, 5.74) is 1.24. The highest BCUT2D eigenvalue weighted by molar-refractivity contribution is 9.10. The zero-order chi connectivity index (χ0) is 14.1. The minimum atomic E-state index is 0.629. The van der Waals surface area contributed by atoms with Crippen molar-refractivity contribution in [3.63, 3.8) is 0 Å². The summed E-state index contributed by atoms with van der Waals surface area (Å²) in [6.07, 6.45) is 4.00. The fraction of sp³-hybridized carbons (Fsp3) is 0.625. The van der Waals surface area contributed by atoms with E-state index in [1.165, 1.54) is 24.8 Å². The van der Waals surface area contributed by atoms with Crippen LogP contribution in [0.5, 0.6) is 0 Å². The first-order valence-electron chi connectivity index (χ1n) is 7.58. The van der Waals surface area contributed by atoms with Gasteiger partial charge in [0.15, 0.2) is 0 Å². The van der Waals surface area contributed by atoms with Crippen LogP contribution in [-0.4, -0.2) is 30.1 Å². The maximum atomic E-state index is 6.38. The summed E-state index contributed by atoms with van der Waals surface area (Å²) in [5, 5.41) is 4.61. The fourth-order valence-electron chi connectivity index (χ4n) is 3.16. The molecule has 1 aromatic carbocycles. The standard InChI is InChI=1S/C16H22BrClN2/c1-2-14-8-19-16(11-3-4-11)10-20(14)9-12-5-6-13(17)7-15(12)18/h5-7,11,14,16,19H,2-4,8-10H2,1H3. The largest absolute Gasteiger partial charge is 0.311 e. The SMILES string of the molecule is CCC1CNC(C2CC2)CN1Cc1ccc(Br)cc1Cl. The molecular formula is C16H22BrClN2. The molecule has 1 saturated heterocycles. The Balaban J connectivity index is 1.71. The molecule has 1 aliphatic heterocycles. The molecule has 4 heteroatoms. The molecule has 0 radical (unpaired) electrons. The summed E-state index contributed by atoms with van der Waals surface area (Å²) in [5.74, 6) is 0.913. The van der Waals surface area contributed by atoms with Gasteiger partial charge in [0, 0.05) is 41.2 Å². The molecule has 0 spiro atoms. The third-order valence-electron chi connectivity index (χ3n) is 4.61. The van der Waals surface area contributed by atoms with Gasteiger partial charge in [0.25, 0.3) is 0 Å². The Kier molecular flexibility index (Phi) is 4.71. The van der Waals surface area contributed by atoms with E-state index in [0.717, 1.165) is 35.0 Å². The van der Waals surface area contributed by atoms with E-state index in [2.05, 4.69) is 45.2 Å². The first kappa shape index (κ1) is 14.8. The molecule has 1 aromatic rings. The molecule has 0 bridgehead atoms. The molecule has 2 atom stereocenters. The molecule has 0 aromatic heterocycles. The number of hydrogen-bond acceptors (Lipinski definition) is 2. The van der Waals surface area contributed by atoms with Gasteiger partial charge >= 0.3 is 0 Å². The van der Waals surface area contributed by atoms with Crippen LogP contribution in [-0.2, 0) is 6.54 Å². The van der Waals surface area contributed by atoms with Crippen molar-refractivity contribution in [3.8, 4) is 0 Å². The van der Waals surface area contributed by atoms with Crippen molar-refractivity contribution >= 4 is 27.5 Å². The number of rotatable bonds is 4. The first-order valence-corrected chi connectivity index (χ1v) is 8.76. The highest BCUT2D eigenvalue weighted by Gasteiger charge is 2.36. The van der Waals surface area contributed by atoms with E-state index >= 15 is 0 Å². The van der Waals surface area contributed by atoms with Crippen LogP contribution in [0.3, 0.4) is 0 Å². The first-order chi connectivity index (χ1) is 9.67. The van der Waals surface area contributed by atoms with Crippen molar-refractivity contribution in [2.45, 2.75) is 44.8 Å². The van der Waals surface area contributed by atoms with E-state index in [0.29, 0.717) is 12.1 Å². The normalized spacial score (nSPS) is 27.8. The maximum Gasteiger partial charge on any atom is 0.0462 e. The van der Waals surface area contributed by atoms with Crippen LogP contribution in [0.15, 0.2) is 22.7 Å². The van der Waals surface area contributed by atoms with Crippen LogP contribution < -0.4 is 5.32 Å². The van der Waals surface area contributed by atoms with E-state index in [9.17, 15) is 0 Å². The van der Waals surface area contributed by atoms with Gasteiger partial charge in [0.05, 0.1) is 0 Å². The van der Waals surface area contributed by atoms with Gasteiger partial charge in [-0.15, -0.1) is 0 Å². The number of benzene rings is 1. The Labute approximate surface area is 135 Å². The van der Waals surface area contributed by atoms with Crippen LogP contribution in [0.25, 0.3) is 0 Å². The second-order valence-electron chi connectivity index (χ2n) is 6.08. The van der Waals surface area contributed by atoms with Crippen molar-refractivity contribution in [2.75, 3.05) is 13.1 Å². The Hall–Kier alpha value is -0.0900. The second kappa shape index (κ2) is 6.35. The van der Waals surface area contributed by atoms with E-state index < -0.39 is 0 Å². The average Bonchev–Trinajstić information content (AvgIpc) is 3.26. The van der Waals surface area contributed by atoms with Gasteiger partial charge in [-0.3, -0.25) is 4.90 Å². The van der Waals surface area contributed by atoms with Gasteiger partial charge in [-0.1, -0.05) is 40.5 Å². The van der Waals surface area contributed by atoms with Gasteiger partial charge < -0.3 is 5.32 Å². The zero-order valence-corrected chi connectivity index (χ0v) is 14.3. The number of hydrogen-bond donors (Lipinski definition) is 1. The predicted molar refractivity (Wildman–Crippen MR) is 88.2 cm³/mol. The Morgan fingerprint density at radius 1 is 1.40 bits per heavy atom. The van der Waals surface area contributed by atoms with E-state index in [1.807, 2.05) is 6.07 Å². The topological polar surface area (TPSA) is 15.3 Å². The Morgan fingerprint density at radius 3 is 2.85 bits per heavy atom. The molecule has 1 N–H and O–H groups in total. The summed E-state index contributed by atoms with van der Waals surface area (Å²) in [4.78, 5) is 2.62. The smallest absolute Gasteiger partial charge is 0.0462 e. The van der Waals surface area contributed by atoms with Crippen LogP contribution in [0, 0.1) is 5.92 Å². The molecule has 1 aliphatic carbocycles. The zero-order valence-electron chi connectivity index (χ0n) is 11.9. The summed E-state index contributed by atoms with van der Waals surface area (Å²) >= 11 is 9.85. The predicted octanol–water partition coefficient (Wildman–Crippen LogP) is 4.06. The molecule has 1 saturated carbocycles. The monoisotopic (exact) mass is 356 g/mol. The van der Waals surface area contributed by atoms with Crippen molar-refractivity contribution in [1.29, 1.82) is 0 Å². The molecule has 110 valence electrons. The molecule has 2 unspecified atom stereocenters. The van der Waals surface area contributed by atoms with Gasteiger partial charge in [-0.2, -0.15) is 0 Å². The van der Waals surface area contributed by atoms with Crippen molar-refractivity contribution in [1.82, 2.24) is 10.2 Å². The van der Waals surface area contributed by atoms with Crippen LogP contribution >= 0.6 is 27.5 Å². The van der Waals surface area contributed by atoms with E-state index in [1.54, 1.807) is 0 Å². The molecule has 2 fully saturated rings. The summed E-state index contributed by atoms with van der Waals surface area (Å²) in [6, 6.07) is 7.55. The van der Waals surface area contributed by atoms with Gasteiger partial charge in [0.1, 0.15) is 0 Å². The van der Waals surface area contributed by atoms with E-state index in [-0.39, 0.29) is 0 Å². The van der Waals surface area contributed by atoms with Gasteiger partial charge in [-0.25, -0.2) is 0 Å². The van der Waals surface area contributed by atoms with Crippen molar-refractivity contribution < 1.29 is 0 Å². The number of nitrogens with zero attached hydrogens (tertiary/aromatic N) is 1. The van der Waals surface area contributed by atoms with Gasteiger partial charge in [-0.05, 0) is 42.9 Å². The molecule has 2 nitrogen and oxygen atoms in total. The lowest BCUT2D eigenvalue weighted by Crippen LogP contribution is -2.56. The lowest BCUT2D eigenvalue weighted by molar-refractivity contribution is 0.112. The molecule has 20 heavy (non-hydrogen) atoms. The van der Waals surface area contributed by atoms with Crippen LogP contribution in [0.1, 0.15) is 31.7 Å². The third kappa shape index (κ3) is 3.38. The highest BCUT2D eigenvalue weighted by atomic mass is 79.9. The summed E-state index contributed by atoms with van der Waals surface area (Å²) < 4.78 is 1.05. The minimum absolute atomic E-state index is 0.629. The molecule has 2 aliphatic rings. The molecule has 1 heterocycles. The quantitative estimate of drug-likeness (QED) is 0.874. The van der Waals surface area contributed by atoms with Crippen LogP contribution in [0.4, 0.5) is 0 Å². The van der Waals surface area contributed by atoms with Crippen molar-refractivity contribution in [2.24, 2.45) is 5.92 Å². The lowest BCUT2D eigenvalue weighted by Gasteiger charge is -2.40. The Morgan fingerprint density at radius 2 is 2.20 bits per heavy atom. The van der Waals surface area contributed by atoms with Crippen molar-refractivity contribution in [3.05, 3.63) is 33.3 Å². The third-order valence-corrected chi connectivity index (χ3v) is 5.46. The van der Waals surface area contributed by atoms with Gasteiger partial charge in [0.2, 0.25) is 0 Å². The number of piperazine rings is 1. The highest BCUT2D eigenvalue weighted by Crippen LogP contribution is 2.35. The minimum Gasteiger partial charge on any atom is -0.311 e. The van der Waals surface area contributed by atoms with Crippen LogP contribution in [0.2, 0.25) is 5.02 Å². The fourth-order valence-corrected chi connectivity index (χ4v) is 3.90. The second-order valence-corrected chi connectivity index (χ2v) is 7.40. The Bertz CT molecular complexity index is 476. The summed E-state index contributed by atoms with van der Waals surface area (Å²) in [6.45, 7) is 5.52. The average molecular weight is 358 g/mol. The molecule has 3 rings (SSSR count).